The Morgan fingerprint density at radius 3 is 2.38 bits per heavy atom. The number of carbonyl (C=O) groups excluding carboxylic acids is 2. The second-order valence-electron chi connectivity index (χ2n) is 6.36. The highest BCUT2D eigenvalue weighted by atomic mass is 32.2. The maximum atomic E-state index is 12.5. The Hall–Kier alpha value is -1.93. The standard InChI is InChI=1S/C18H26N2O5S/c1-3-4-7-17(21)25-14(2)18(22)19-15-8-10-16(11-9-15)26(23,24)20-12-5-6-13-20/h8-11,14H,3-7,12-13H2,1-2H3,(H,19,22)/t14-/m1/s1. The minimum Gasteiger partial charge on any atom is -0.453 e. The molecule has 2 rings (SSSR count). The van der Waals surface area contributed by atoms with E-state index < -0.39 is 28.0 Å². The van der Waals surface area contributed by atoms with Crippen LogP contribution in [0.1, 0.15) is 46.0 Å². The molecule has 1 aromatic rings. The summed E-state index contributed by atoms with van der Waals surface area (Å²) in [6.07, 6.45) is 2.73. The SMILES string of the molecule is CCCCC(=O)O[C@H](C)C(=O)Nc1ccc(S(=O)(=O)N2CCCC2)cc1. The zero-order valence-corrected chi connectivity index (χ0v) is 16.0. The van der Waals surface area contributed by atoms with Crippen LogP contribution >= 0.6 is 0 Å². The van der Waals surface area contributed by atoms with Gasteiger partial charge in [0.05, 0.1) is 4.90 Å². The summed E-state index contributed by atoms with van der Waals surface area (Å²) in [6.45, 7) is 4.56. The van der Waals surface area contributed by atoms with Crippen molar-refractivity contribution in [1.29, 1.82) is 0 Å². The number of amides is 1. The fourth-order valence-corrected chi connectivity index (χ4v) is 4.18. The topological polar surface area (TPSA) is 92.8 Å². The molecule has 144 valence electrons. The number of ether oxygens (including phenoxy) is 1. The second kappa shape index (κ2) is 9.14. The monoisotopic (exact) mass is 382 g/mol. The van der Waals surface area contributed by atoms with Crippen LogP contribution < -0.4 is 5.32 Å². The summed E-state index contributed by atoms with van der Waals surface area (Å²) in [5.74, 6) is -0.855. The molecule has 0 aromatic heterocycles. The predicted octanol–water partition coefficient (Wildman–Crippen LogP) is 2.53. The van der Waals surface area contributed by atoms with Crippen molar-refractivity contribution in [3.05, 3.63) is 24.3 Å². The number of hydrogen-bond donors (Lipinski definition) is 1. The molecule has 1 amide bonds. The number of esters is 1. The minimum atomic E-state index is -3.47. The van der Waals surface area contributed by atoms with Crippen molar-refractivity contribution in [3.63, 3.8) is 0 Å². The smallest absolute Gasteiger partial charge is 0.306 e. The Kier molecular flexibility index (Phi) is 7.16. The van der Waals surface area contributed by atoms with Gasteiger partial charge in [-0.2, -0.15) is 4.31 Å². The molecule has 1 aromatic carbocycles. The molecule has 26 heavy (non-hydrogen) atoms. The fourth-order valence-electron chi connectivity index (χ4n) is 2.66. The molecule has 1 fully saturated rings. The molecule has 1 saturated heterocycles. The number of hydrogen-bond acceptors (Lipinski definition) is 5. The Labute approximate surface area is 154 Å². The molecule has 1 aliphatic heterocycles. The number of benzene rings is 1. The van der Waals surface area contributed by atoms with E-state index in [4.69, 9.17) is 4.74 Å². The van der Waals surface area contributed by atoms with Crippen molar-refractivity contribution in [2.24, 2.45) is 0 Å². The van der Waals surface area contributed by atoms with Crippen LogP contribution in [-0.4, -0.2) is 43.8 Å². The number of unbranched alkanes of at least 4 members (excludes halogenated alkanes) is 1. The second-order valence-corrected chi connectivity index (χ2v) is 8.30. The van der Waals surface area contributed by atoms with Crippen molar-refractivity contribution < 1.29 is 22.7 Å². The van der Waals surface area contributed by atoms with E-state index in [1.165, 1.54) is 35.5 Å². The van der Waals surface area contributed by atoms with Crippen molar-refractivity contribution in [2.75, 3.05) is 18.4 Å². The first-order valence-corrected chi connectivity index (χ1v) is 10.4. The van der Waals surface area contributed by atoms with Crippen molar-refractivity contribution >= 4 is 27.6 Å². The van der Waals surface area contributed by atoms with Gasteiger partial charge in [0.25, 0.3) is 5.91 Å². The molecule has 0 spiro atoms. The minimum absolute atomic E-state index is 0.205. The van der Waals surface area contributed by atoms with Gasteiger partial charge in [0, 0.05) is 25.2 Å². The lowest BCUT2D eigenvalue weighted by Gasteiger charge is -2.16. The lowest BCUT2D eigenvalue weighted by Crippen LogP contribution is -2.30. The van der Waals surface area contributed by atoms with E-state index in [-0.39, 0.29) is 11.3 Å². The Morgan fingerprint density at radius 2 is 1.81 bits per heavy atom. The Morgan fingerprint density at radius 1 is 1.19 bits per heavy atom. The number of rotatable bonds is 8. The van der Waals surface area contributed by atoms with Crippen LogP contribution in [0.5, 0.6) is 0 Å². The average molecular weight is 382 g/mol. The molecular formula is C18H26N2O5S. The highest BCUT2D eigenvalue weighted by molar-refractivity contribution is 7.89. The van der Waals surface area contributed by atoms with Crippen LogP contribution in [-0.2, 0) is 24.3 Å². The van der Waals surface area contributed by atoms with Crippen molar-refractivity contribution in [3.8, 4) is 0 Å². The van der Waals surface area contributed by atoms with Crippen LogP contribution in [0, 0.1) is 0 Å². The third-order valence-electron chi connectivity index (χ3n) is 4.24. The van der Waals surface area contributed by atoms with Gasteiger partial charge in [0.2, 0.25) is 10.0 Å². The number of sulfonamides is 1. The summed E-state index contributed by atoms with van der Waals surface area (Å²) in [6, 6.07) is 6.02. The molecule has 1 atom stereocenters. The molecule has 0 unspecified atom stereocenters. The number of nitrogens with zero attached hydrogens (tertiary/aromatic N) is 1. The quantitative estimate of drug-likeness (QED) is 0.698. The summed E-state index contributed by atoms with van der Waals surface area (Å²) in [4.78, 5) is 23.9. The zero-order chi connectivity index (χ0) is 19.2. The summed E-state index contributed by atoms with van der Waals surface area (Å²) >= 11 is 0. The highest BCUT2D eigenvalue weighted by Gasteiger charge is 2.27. The zero-order valence-electron chi connectivity index (χ0n) is 15.2. The van der Waals surface area contributed by atoms with E-state index in [1.54, 1.807) is 0 Å². The molecule has 0 bridgehead atoms. The third kappa shape index (κ3) is 5.28. The van der Waals surface area contributed by atoms with Gasteiger partial charge in [-0.25, -0.2) is 8.42 Å². The maximum Gasteiger partial charge on any atom is 0.306 e. The van der Waals surface area contributed by atoms with Gasteiger partial charge >= 0.3 is 5.97 Å². The lowest BCUT2D eigenvalue weighted by molar-refractivity contribution is -0.153. The van der Waals surface area contributed by atoms with Crippen LogP contribution in [0.4, 0.5) is 5.69 Å². The van der Waals surface area contributed by atoms with Gasteiger partial charge in [0.15, 0.2) is 6.10 Å². The molecule has 0 radical (unpaired) electrons. The fraction of sp³-hybridized carbons (Fsp3) is 0.556. The van der Waals surface area contributed by atoms with Gasteiger partial charge in [0.1, 0.15) is 0 Å². The Balaban J connectivity index is 1.94. The third-order valence-corrected chi connectivity index (χ3v) is 6.15. The first-order chi connectivity index (χ1) is 12.3. The molecule has 1 aliphatic rings. The average Bonchev–Trinajstić information content (AvgIpc) is 3.16. The predicted molar refractivity (Wildman–Crippen MR) is 98.1 cm³/mol. The number of carbonyl (C=O) groups is 2. The summed E-state index contributed by atoms with van der Waals surface area (Å²) in [7, 11) is -3.47. The molecule has 8 heteroatoms. The van der Waals surface area contributed by atoms with E-state index in [0.29, 0.717) is 18.8 Å². The van der Waals surface area contributed by atoms with E-state index in [2.05, 4.69) is 5.32 Å². The molecule has 1 heterocycles. The lowest BCUT2D eigenvalue weighted by atomic mass is 10.2. The normalized spacial score (nSPS) is 16.2. The van der Waals surface area contributed by atoms with E-state index in [9.17, 15) is 18.0 Å². The summed E-state index contributed by atoms with van der Waals surface area (Å²) < 4.78 is 31.5. The molecular weight excluding hydrogens is 356 g/mol. The van der Waals surface area contributed by atoms with Crippen LogP contribution in [0.2, 0.25) is 0 Å². The number of nitrogens with one attached hydrogen (secondary N) is 1. The Bertz CT molecular complexity index is 724. The van der Waals surface area contributed by atoms with Gasteiger partial charge < -0.3 is 10.1 Å². The molecule has 0 saturated carbocycles. The van der Waals surface area contributed by atoms with Crippen LogP contribution in [0.15, 0.2) is 29.2 Å². The van der Waals surface area contributed by atoms with Gasteiger partial charge in [-0.05, 0) is 50.5 Å². The van der Waals surface area contributed by atoms with Crippen LogP contribution in [0.3, 0.4) is 0 Å². The molecule has 0 aliphatic carbocycles. The first kappa shape index (κ1) is 20.4. The first-order valence-electron chi connectivity index (χ1n) is 8.95. The van der Waals surface area contributed by atoms with Crippen molar-refractivity contribution in [1.82, 2.24) is 4.31 Å². The largest absolute Gasteiger partial charge is 0.453 e. The molecule has 1 N–H and O–H groups in total. The van der Waals surface area contributed by atoms with Gasteiger partial charge in [-0.3, -0.25) is 9.59 Å². The molecule has 7 nitrogen and oxygen atoms in total. The van der Waals surface area contributed by atoms with Crippen LogP contribution in [0.25, 0.3) is 0 Å². The maximum absolute atomic E-state index is 12.5. The number of anilines is 1. The van der Waals surface area contributed by atoms with E-state index in [0.717, 1.165) is 25.7 Å². The van der Waals surface area contributed by atoms with Gasteiger partial charge in [-0.15, -0.1) is 0 Å². The summed E-state index contributed by atoms with van der Waals surface area (Å²) in [5, 5.41) is 2.63. The summed E-state index contributed by atoms with van der Waals surface area (Å²) in [5.41, 5.74) is 0.451. The highest BCUT2D eigenvalue weighted by Crippen LogP contribution is 2.22. The van der Waals surface area contributed by atoms with E-state index in [1.807, 2.05) is 6.92 Å². The van der Waals surface area contributed by atoms with Gasteiger partial charge in [-0.1, -0.05) is 13.3 Å². The van der Waals surface area contributed by atoms with Crippen molar-refractivity contribution in [2.45, 2.75) is 57.0 Å². The van der Waals surface area contributed by atoms with E-state index >= 15 is 0 Å².